The lowest BCUT2D eigenvalue weighted by Gasteiger charge is -2.35. The number of hydrogen-bond acceptors (Lipinski definition) is 1. The summed E-state index contributed by atoms with van der Waals surface area (Å²) < 4.78 is 6.10. The lowest BCUT2D eigenvalue weighted by Crippen LogP contribution is -2.46. The van der Waals surface area contributed by atoms with Crippen LogP contribution in [0, 0.1) is 5.92 Å². The summed E-state index contributed by atoms with van der Waals surface area (Å²) in [6.45, 7) is 23.5. The minimum absolute atomic E-state index is 0.0506. The Balaban J connectivity index is 2.84. The summed E-state index contributed by atoms with van der Waals surface area (Å²) in [4.78, 5) is 0. The third kappa shape index (κ3) is 4.26. The molecule has 0 amide bonds. The molecule has 0 atom stereocenters. The van der Waals surface area contributed by atoms with Gasteiger partial charge in [-0.1, -0.05) is 98.0 Å². The molecule has 27 heavy (non-hydrogen) atoms. The Bertz CT molecular complexity index is 765. The molecule has 1 aliphatic rings. The first kappa shape index (κ1) is 22.0. The van der Waals surface area contributed by atoms with E-state index in [9.17, 15) is 0 Å². The van der Waals surface area contributed by atoms with Crippen LogP contribution in [0.15, 0.2) is 35.1 Å². The van der Waals surface area contributed by atoms with E-state index in [4.69, 9.17) is 4.74 Å². The third-order valence-corrected chi connectivity index (χ3v) is 9.70. The molecule has 0 bridgehead atoms. The van der Waals surface area contributed by atoms with Crippen molar-refractivity contribution in [2.75, 3.05) is 7.11 Å². The molecule has 1 nitrogen and oxygen atoms in total. The molecule has 0 aromatic heterocycles. The van der Waals surface area contributed by atoms with Gasteiger partial charge >= 0.3 is 0 Å². The molecule has 0 aliphatic heterocycles. The molecule has 1 aromatic rings. The molecule has 0 heterocycles. The van der Waals surface area contributed by atoms with Gasteiger partial charge in [0.1, 0.15) is 13.8 Å². The first-order valence-corrected chi connectivity index (χ1v) is 13.3. The van der Waals surface area contributed by atoms with Crippen molar-refractivity contribution in [1.82, 2.24) is 0 Å². The zero-order chi connectivity index (χ0) is 20.8. The third-order valence-electron chi connectivity index (χ3n) is 5.98. The van der Waals surface area contributed by atoms with Crippen molar-refractivity contribution in [2.24, 2.45) is 5.92 Å². The molecule has 2 rings (SSSR count). The van der Waals surface area contributed by atoms with E-state index in [2.05, 4.69) is 92.8 Å². The van der Waals surface area contributed by atoms with E-state index in [0.717, 1.165) is 12.2 Å². The van der Waals surface area contributed by atoms with E-state index in [-0.39, 0.29) is 10.8 Å². The Labute approximate surface area is 168 Å². The molecule has 2 heteroatoms. The molecule has 0 radical (unpaired) electrons. The van der Waals surface area contributed by atoms with Gasteiger partial charge in [-0.2, -0.15) is 0 Å². The highest BCUT2D eigenvalue weighted by atomic mass is 28.3. The van der Waals surface area contributed by atoms with E-state index in [1.165, 1.54) is 16.3 Å². The Morgan fingerprint density at radius 3 is 2.00 bits per heavy atom. The molecule has 0 spiro atoms. The molecule has 0 fully saturated rings. The van der Waals surface area contributed by atoms with Crippen LogP contribution in [0.25, 0.3) is 0 Å². The molecule has 0 unspecified atom stereocenters. The quantitative estimate of drug-likeness (QED) is 0.528. The fourth-order valence-corrected chi connectivity index (χ4v) is 7.51. The average molecular weight is 385 g/mol. The van der Waals surface area contributed by atoms with E-state index in [1.807, 2.05) is 7.11 Å². The van der Waals surface area contributed by atoms with E-state index >= 15 is 0 Å². The van der Waals surface area contributed by atoms with Gasteiger partial charge in [-0.3, -0.25) is 0 Å². The van der Waals surface area contributed by atoms with Gasteiger partial charge < -0.3 is 4.74 Å². The van der Waals surface area contributed by atoms with Crippen LogP contribution in [0.3, 0.4) is 0 Å². The highest BCUT2D eigenvalue weighted by molar-refractivity contribution is 6.96. The van der Waals surface area contributed by atoms with Crippen LogP contribution in [0.1, 0.15) is 72.9 Å². The summed E-state index contributed by atoms with van der Waals surface area (Å²) in [6.07, 6.45) is 5.81. The molecule has 0 saturated carbocycles. The van der Waals surface area contributed by atoms with Crippen molar-refractivity contribution < 1.29 is 4.74 Å². The lowest BCUT2D eigenvalue weighted by atomic mass is 9.80. The number of benzene rings is 1. The maximum atomic E-state index is 6.10. The zero-order valence-electron chi connectivity index (χ0n) is 19.5. The van der Waals surface area contributed by atoms with Crippen molar-refractivity contribution in [1.29, 1.82) is 0 Å². The van der Waals surface area contributed by atoms with Crippen LogP contribution < -0.4 is 9.92 Å². The summed E-state index contributed by atoms with van der Waals surface area (Å²) in [6, 6.07) is 4.85. The van der Waals surface area contributed by atoms with Crippen molar-refractivity contribution in [3.05, 3.63) is 46.2 Å². The lowest BCUT2D eigenvalue weighted by molar-refractivity contribution is 0.399. The molecule has 0 saturated heterocycles. The van der Waals surface area contributed by atoms with Crippen molar-refractivity contribution in [3.63, 3.8) is 0 Å². The van der Waals surface area contributed by atoms with Crippen LogP contribution in [-0.2, 0) is 10.8 Å². The number of hydrogen-bond donors (Lipinski definition) is 0. The van der Waals surface area contributed by atoms with Gasteiger partial charge in [0, 0.05) is 0 Å². The van der Waals surface area contributed by atoms with E-state index in [1.54, 1.807) is 10.8 Å². The number of rotatable bonds is 4. The Morgan fingerprint density at radius 1 is 0.963 bits per heavy atom. The summed E-state index contributed by atoms with van der Waals surface area (Å²) in [5.41, 5.74) is 4.48. The second-order valence-corrected chi connectivity index (χ2v) is 15.3. The molecule has 150 valence electrons. The van der Waals surface area contributed by atoms with Gasteiger partial charge in [-0.25, -0.2) is 0 Å². The van der Waals surface area contributed by atoms with Gasteiger partial charge in [0.15, 0.2) is 0 Å². The summed E-state index contributed by atoms with van der Waals surface area (Å²) in [7, 11) is -0.0188. The second kappa shape index (κ2) is 7.27. The standard InChI is InChI=1S/C25H40OSi/c1-17(2)19-13-12-14-21(19)27(10,11)22-16-18(24(3,4)5)15-20(23(22)26-9)25(6,7)8/h12-13,15-17H,14H2,1-11H3. The maximum Gasteiger partial charge on any atom is 0.122 e. The normalized spacial score (nSPS) is 15.9. The minimum Gasteiger partial charge on any atom is -0.497 e. The SMILES string of the molecule is COc1c(C(C)(C)C)cc(C(C)(C)C)cc1[Si](C)(C)C1=C(C(C)C)C=CC1. The highest BCUT2D eigenvalue weighted by Crippen LogP contribution is 2.39. The fourth-order valence-electron chi connectivity index (χ4n) is 4.14. The smallest absolute Gasteiger partial charge is 0.122 e. The van der Waals surface area contributed by atoms with Crippen LogP contribution in [0.5, 0.6) is 5.75 Å². The predicted molar refractivity (Wildman–Crippen MR) is 123 cm³/mol. The first-order chi connectivity index (χ1) is 12.2. The number of methoxy groups -OCH3 is 1. The van der Waals surface area contributed by atoms with Gasteiger partial charge in [-0.15, -0.1) is 0 Å². The van der Waals surface area contributed by atoms with Crippen LogP contribution in [0.2, 0.25) is 13.1 Å². The van der Waals surface area contributed by atoms with E-state index < -0.39 is 8.07 Å². The largest absolute Gasteiger partial charge is 0.497 e. The number of allylic oxidation sites excluding steroid dienone is 4. The molecule has 0 N–H and O–H groups in total. The zero-order valence-corrected chi connectivity index (χ0v) is 20.5. The Kier molecular flexibility index (Phi) is 5.93. The molecule has 1 aliphatic carbocycles. The van der Waals surface area contributed by atoms with Gasteiger partial charge in [-0.05, 0) is 45.1 Å². The Hall–Kier alpha value is -1.28. The topological polar surface area (TPSA) is 9.23 Å². The summed E-state index contributed by atoms with van der Waals surface area (Å²) >= 11 is 0. The highest BCUT2D eigenvalue weighted by Gasteiger charge is 2.37. The molecular formula is C25H40OSi. The monoisotopic (exact) mass is 384 g/mol. The summed E-state index contributed by atoms with van der Waals surface area (Å²) in [5, 5.41) is 3.13. The summed E-state index contributed by atoms with van der Waals surface area (Å²) in [5.74, 6) is 1.69. The van der Waals surface area contributed by atoms with E-state index in [0.29, 0.717) is 5.92 Å². The Morgan fingerprint density at radius 2 is 1.56 bits per heavy atom. The maximum absolute atomic E-state index is 6.10. The van der Waals surface area contributed by atoms with Gasteiger partial charge in [0.25, 0.3) is 0 Å². The fraction of sp³-hybridized carbons (Fsp3) is 0.600. The second-order valence-electron chi connectivity index (χ2n) is 10.9. The van der Waals surface area contributed by atoms with Crippen LogP contribution in [0.4, 0.5) is 0 Å². The minimum atomic E-state index is -1.87. The molecule has 1 aromatic carbocycles. The van der Waals surface area contributed by atoms with Gasteiger partial charge in [0.2, 0.25) is 0 Å². The van der Waals surface area contributed by atoms with Crippen molar-refractivity contribution >= 4 is 13.3 Å². The van der Waals surface area contributed by atoms with Crippen LogP contribution >= 0.6 is 0 Å². The molecular weight excluding hydrogens is 344 g/mol. The predicted octanol–water partition coefficient (Wildman–Crippen LogP) is 6.66. The van der Waals surface area contributed by atoms with Gasteiger partial charge in [0.05, 0.1) is 7.11 Å². The van der Waals surface area contributed by atoms with Crippen molar-refractivity contribution in [2.45, 2.75) is 85.7 Å². The first-order valence-electron chi connectivity index (χ1n) is 10.3. The van der Waals surface area contributed by atoms with Crippen LogP contribution in [-0.4, -0.2) is 15.2 Å². The average Bonchev–Trinajstić information content (AvgIpc) is 3.02. The number of ether oxygens (including phenoxy) is 1. The van der Waals surface area contributed by atoms with Crippen molar-refractivity contribution in [3.8, 4) is 5.75 Å².